The van der Waals surface area contributed by atoms with Gasteiger partial charge in [-0.05, 0) is 0 Å². The highest BCUT2D eigenvalue weighted by atomic mass is 16.5. The van der Waals surface area contributed by atoms with Gasteiger partial charge in [-0.15, -0.1) is 0 Å². The van der Waals surface area contributed by atoms with Gasteiger partial charge in [0.05, 0.1) is 0 Å². The van der Waals surface area contributed by atoms with Gasteiger partial charge in [0.15, 0.2) is 12.2 Å². The van der Waals surface area contributed by atoms with E-state index in [9.17, 15) is 9.59 Å². The molecular weight excluding hydrogens is 208 g/mol. The van der Waals surface area contributed by atoms with Crippen LogP contribution in [0.2, 0.25) is 0 Å². The molecule has 0 N–H and O–H groups in total. The van der Waals surface area contributed by atoms with Crippen molar-refractivity contribution in [3.8, 4) is 11.8 Å². The van der Waals surface area contributed by atoms with Crippen molar-refractivity contribution in [3.05, 3.63) is 0 Å². The Morgan fingerprint density at radius 1 is 0.812 bits per heavy atom. The first-order chi connectivity index (χ1) is 7.52. The van der Waals surface area contributed by atoms with Gasteiger partial charge in [-0.2, -0.15) is 0 Å². The van der Waals surface area contributed by atoms with E-state index >= 15 is 0 Å². The predicted molar refractivity (Wildman–Crippen MR) is 59.3 cm³/mol. The third-order valence-corrected chi connectivity index (χ3v) is 1.98. The summed E-state index contributed by atoms with van der Waals surface area (Å²) in [4.78, 5) is 20.5. The molecule has 0 bridgehead atoms. The number of hydrogen-bond acceptors (Lipinski definition) is 4. The first kappa shape index (κ1) is 14.5. The predicted octanol–water partition coefficient (Wildman–Crippen LogP) is 1.39. The SMILES string of the molecule is CC(C)C(C#CC(OC=O)C(C)C)OC=O. The van der Waals surface area contributed by atoms with Gasteiger partial charge in [0.1, 0.15) is 0 Å². The number of hydrogen-bond donors (Lipinski definition) is 0. The zero-order chi connectivity index (χ0) is 12.6. The molecule has 0 aromatic carbocycles. The second-order valence-electron chi connectivity index (χ2n) is 4.08. The normalized spacial score (nSPS) is 13.6. The van der Waals surface area contributed by atoms with Crippen LogP contribution < -0.4 is 0 Å². The standard InChI is InChI=1S/C12H18O4/c1-9(2)11(15-7-13)5-6-12(10(3)4)16-8-14/h7-12H,1-4H3. The zero-order valence-corrected chi connectivity index (χ0v) is 10.1. The van der Waals surface area contributed by atoms with Crippen molar-refractivity contribution in [2.45, 2.75) is 39.9 Å². The summed E-state index contributed by atoms with van der Waals surface area (Å²) in [6.45, 7) is 8.35. The molecule has 2 unspecified atom stereocenters. The molecule has 0 amide bonds. The van der Waals surface area contributed by atoms with Gasteiger partial charge in [-0.1, -0.05) is 39.5 Å². The lowest BCUT2D eigenvalue weighted by molar-refractivity contribution is -0.134. The molecule has 0 saturated heterocycles. The Bertz CT molecular complexity index is 246. The van der Waals surface area contributed by atoms with Crippen molar-refractivity contribution in [1.29, 1.82) is 0 Å². The van der Waals surface area contributed by atoms with Crippen molar-refractivity contribution in [3.63, 3.8) is 0 Å². The molecule has 0 saturated carbocycles. The molecule has 16 heavy (non-hydrogen) atoms. The minimum atomic E-state index is -0.464. The quantitative estimate of drug-likeness (QED) is 0.507. The van der Waals surface area contributed by atoms with Gasteiger partial charge in [-0.25, -0.2) is 0 Å². The molecule has 0 aromatic rings. The molecule has 0 spiro atoms. The topological polar surface area (TPSA) is 52.6 Å². The third-order valence-electron chi connectivity index (χ3n) is 1.98. The fourth-order valence-electron chi connectivity index (χ4n) is 1.000. The highest BCUT2D eigenvalue weighted by molar-refractivity contribution is 5.40. The van der Waals surface area contributed by atoms with Gasteiger partial charge in [0.25, 0.3) is 12.9 Å². The fourth-order valence-corrected chi connectivity index (χ4v) is 1.000. The first-order valence-corrected chi connectivity index (χ1v) is 5.22. The van der Waals surface area contributed by atoms with E-state index in [0.717, 1.165) is 0 Å². The lowest BCUT2D eigenvalue weighted by atomic mass is 10.0. The van der Waals surface area contributed by atoms with E-state index < -0.39 is 12.2 Å². The zero-order valence-electron chi connectivity index (χ0n) is 10.1. The molecular formula is C12H18O4. The van der Waals surface area contributed by atoms with Gasteiger partial charge in [0, 0.05) is 11.8 Å². The second-order valence-corrected chi connectivity index (χ2v) is 4.08. The molecule has 0 aliphatic heterocycles. The van der Waals surface area contributed by atoms with E-state index in [1.165, 1.54) is 0 Å². The van der Waals surface area contributed by atoms with Gasteiger partial charge >= 0.3 is 0 Å². The van der Waals surface area contributed by atoms with Crippen molar-refractivity contribution < 1.29 is 19.1 Å². The number of ether oxygens (including phenoxy) is 2. The van der Waals surface area contributed by atoms with Crippen molar-refractivity contribution in [2.75, 3.05) is 0 Å². The van der Waals surface area contributed by atoms with Crippen molar-refractivity contribution >= 4 is 12.9 Å². The summed E-state index contributed by atoms with van der Waals surface area (Å²) in [6.07, 6.45) is -0.928. The average molecular weight is 226 g/mol. The summed E-state index contributed by atoms with van der Waals surface area (Å²) in [6, 6.07) is 0. The Balaban J connectivity index is 4.60. The molecule has 0 heterocycles. The molecule has 0 rings (SSSR count). The third kappa shape index (κ3) is 5.40. The summed E-state index contributed by atoms with van der Waals surface area (Å²) in [5.74, 6) is 5.80. The van der Waals surface area contributed by atoms with Crippen LogP contribution in [0.3, 0.4) is 0 Å². The Kier molecular flexibility index (Phi) is 7.02. The maximum absolute atomic E-state index is 10.2. The Morgan fingerprint density at radius 2 is 1.12 bits per heavy atom. The van der Waals surface area contributed by atoms with Gasteiger partial charge in [0.2, 0.25) is 0 Å². The molecule has 0 aliphatic rings. The van der Waals surface area contributed by atoms with E-state index in [-0.39, 0.29) is 11.8 Å². The summed E-state index contributed by atoms with van der Waals surface area (Å²) in [5, 5.41) is 0. The Labute approximate surface area is 96.3 Å². The van der Waals surface area contributed by atoms with Crippen LogP contribution in [-0.4, -0.2) is 25.2 Å². The maximum Gasteiger partial charge on any atom is 0.294 e. The van der Waals surface area contributed by atoms with Crippen LogP contribution >= 0.6 is 0 Å². The van der Waals surface area contributed by atoms with Crippen LogP contribution in [0.1, 0.15) is 27.7 Å². The van der Waals surface area contributed by atoms with Gasteiger partial charge < -0.3 is 9.47 Å². The van der Waals surface area contributed by atoms with Crippen LogP contribution in [0, 0.1) is 23.7 Å². The average Bonchev–Trinajstić information content (AvgIpc) is 2.21. The highest BCUT2D eigenvalue weighted by Gasteiger charge is 2.14. The van der Waals surface area contributed by atoms with Crippen LogP contribution in [0.25, 0.3) is 0 Å². The van der Waals surface area contributed by atoms with Crippen molar-refractivity contribution in [2.24, 2.45) is 11.8 Å². The van der Waals surface area contributed by atoms with E-state index in [4.69, 9.17) is 9.47 Å². The monoisotopic (exact) mass is 226 g/mol. The smallest absolute Gasteiger partial charge is 0.294 e. The number of rotatable bonds is 6. The van der Waals surface area contributed by atoms with Crippen LogP contribution in [0.4, 0.5) is 0 Å². The minimum absolute atomic E-state index is 0.0988. The summed E-state index contributed by atoms with van der Waals surface area (Å²) < 4.78 is 9.63. The fraction of sp³-hybridized carbons (Fsp3) is 0.667. The highest BCUT2D eigenvalue weighted by Crippen LogP contribution is 2.07. The molecule has 2 atom stereocenters. The van der Waals surface area contributed by atoms with E-state index in [1.54, 1.807) is 0 Å². The number of carbonyl (C=O) groups excluding carboxylic acids is 2. The maximum atomic E-state index is 10.2. The first-order valence-electron chi connectivity index (χ1n) is 5.22. The summed E-state index contributed by atoms with van der Waals surface area (Å²) >= 11 is 0. The van der Waals surface area contributed by atoms with Crippen LogP contribution in [0.5, 0.6) is 0 Å². The minimum Gasteiger partial charge on any atom is -0.451 e. The van der Waals surface area contributed by atoms with Crippen LogP contribution in [-0.2, 0) is 19.1 Å². The molecule has 0 fully saturated rings. The van der Waals surface area contributed by atoms with Crippen LogP contribution in [0.15, 0.2) is 0 Å². The second kappa shape index (κ2) is 7.75. The molecule has 4 nitrogen and oxygen atoms in total. The summed E-state index contributed by atoms with van der Waals surface area (Å²) in [7, 11) is 0. The molecule has 0 radical (unpaired) electrons. The van der Waals surface area contributed by atoms with Gasteiger partial charge in [-0.3, -0.25) is 9.59 Å². The lowest BCUT2D eigenvalue weighted by Gasteiger charge is -2.14. The molecule has 0 aliphatic carbocycles. The largest absolute Gasteiger partial charge is 0.451 e. The Morgan fingerprint density at radius 3 is 1.31 bits per heavy atom. The molecule has 0 aromatic heterocycles. The molecule has 90 valence electrons. The molecule has 4 heteroatoms. The Hall–Kier alpha value is -1.50. The van der Waals surface area contributed by atoms with E-state index in [2.05, 4.69) is 11.8 Å². The van der Waals surface area contributed by atoms with E-state index in [1.807, 2.05) is 27.7 Å². The van der Waals surface area contributed by atoms with E-state index in [0.29, 0.717) is 12.9 Å². The summed E-state index contributed by atoms with van der Waals surface area (Å²) in [5.41, 5.74) is 0. The lowest BCUT2D eigenvalue weighted by Crippen LogP contribution is -2.20. The number of carbonyl (C=O) groups is 2. The van der Waals surface area contributed by atoms with Crippen molar-refractivity contribution in [1.82, 2.24) is 0 Å².